The van der Waals surface area contributed by atoms with E-state index in [4.69, 9.17) is 0 Å². The van der Waals surface area contributed by atoms with E-state index in [2.05, 4.69) is 22.5 Å². The second-order valence-electron chi connectivity index (χ2n) is 3.34. The minimum atomic E-state index is 0.124. The summed E-state index contributed by atoms with van der Waals surface area (Å²) in [6.07, 6.45) is 2.04. The second kappa shape index (κ2) is 4.56. The Morgan fingerprint density at radius 1 is 1.43 bits per heavy atom. The smallest absolute Gasteiger partial charge is 0.166 e. The fourth-order valence-corrected chi connectivity index (χ4v) is 1.58. The Bertz CT molecular complexity index is 357. The third-order valence-corrected chi connectivity index (χ3v) is 3.34. The molecule has 14 heavy (non-hydrogen) atoms. The quantitative estimate of drug-likeness (QED) is 0.591. The molecule has 1 aromatic carbocycles. The van der Waals surface area contributed by atoms with Gasteiger partial charge in [-0.05, 0) is 37.1 Å². The van der Waals surface area contributed by atoms with E-state index >= 15 is 0 Å². The maximum atomic E-state index is 11.6. The van der Waals surface area contributed by atoms with Crippen LogP contribution in [-0.4, -0.2) is 5.78 Å². The zero-order valence-electron chi connectivity index (χ0n) is 8.43. The molecule has 0 aliphatic heterocycles. The first kappa shape index (κ1) is 11.2. The predicted octanol–water partition coefficient (Wildman–Crippen LogP) is 3.82. The summed E-state index contributed by atoms with van der Waals surface area (Å²) in [6.45, 7) is 7.53. The lowest BCUT2D eigenvalue weighted by Crippen LogP contribution is -1.99. The highest BCUT2D eigenvalue weighted by atomic mass is 79.9. The van der Waals surface area contributed by atoms with Crippen molar-refractivity contribution in [3.63, 3.8) is 0 Å². The summed E-state index contributed by atoms with van der Waals surface area (Å²) in [5, 5.41) is 0. The number of allylic oxidation sites excluding steroid dienone is 1. The van der Waals surface area contributed by atoms with Gasteiger partial charge in [-0.1, -0.05) is 22.0 Å². The fourth-order valence-electron chi connectivity index (χ4n) is 1.36. The molecule has 0 aromatic heterocycles. The zero-order chi connectivity index (χ0) is 10.7. The molecule has 0 saturated carbocycles. The maximum Gasteiger partial charge on any atom is 0.166 e. The first-order valence-corrected chi connectivity index (χ1v) is 5.26. The molecule has 0 atom stereocenters. The van der Waals surface area contributed by atoms with E-state index in [-0.39, 0.29) is 5.78 Å². The van der Waals surface area contributed by atoms with Gasteiger partial charge in [0.25, 0.3) is 0 Å². The van der Waals surface area contributed by atoms with Gasteiger partial charge in [0.05, 0.1) is 0 Å². The van der Waals surface area contributed by atoms with Crippen LogP contribution < -0.4 is 0 Å². The first-order valence-electron chi connectivity index (χ1n) is 4.47. The zero-order valence-corrected chi connectivity index (χ0v) is 10.0. The number of Topliss-reactive ketones (excluding diaryl/α,β-unsaturated/α-hetero) is 1. The van der Waals surface area contributed by atoms with Crippen LogP contribution in [-0.2, 0) is 0 Å². The molecule has 0 spiro atoms. The van der Waals surface area contributed by atoms with Crippen LogP contribution in [0.25, 0.3) is 0 Å². The Hall–Kier alpha value is -0.890. The van der Waals surface area contributed by atoms with Crippen molar-refractivity contribution in [3.8, 4) is 0 Å². The molecule has 0 fully saturated rings. The third kappa shape index (κ3) is 2.32. The number of hydrogen-bond acceptors (Lipinski definition) is 1. The van der Waals surface area contributed by atoms with Gasteiger partial charge in [0.1, 0.15) is 0 Å². The Morgan fingerprint density at radius 3 is 2.36 bits per heavy atom. The molecule has 0 aliphatic rings. The number of ketones is 1. The lowest BCUT2D eigenvalue weighted by Gasteiger charge is -2.06. The van der Waals surface area contributed by atoms with E-state index in [1.807, 2.05) is 26.0 Å². The van der Waals surface area contributed by atoms with Gasteiger partial charge in [-0.3, -0.25) is 4.79 Å². The third-order valence-electron chi connectivity index (χ3n) is 2.09. The van der Waals surface area contributed by atoms with E-state index in [0.717, 1.165) is 21.2 Å². The summed E-state index contributed by atoms with van der Waals surface area (Å²) < 4.78 is 1.08. The van der Waals surface area contributed by atoms with Crippen molar-refractivity contribution in [3.05, 3.63) is 46.0 Å². The molecule has 0 heterocycles. The largest absolute Gasteiger partial charge is 0.294 e. The first-order chi connectivity index (χ1) is 6.56. The fraction of sp³-hybridized carbons (Fsp3) is 0.250. The average Bonchev–Trinajstić information content (AvgIpc) is 2.13. The summed E-state index contributed by atoms with van der Waals surface area (Å²) in [5.74, 6) is 0.124. The molecule has 2 heteroatoms. The molecule has 1 rings (SSSR count). The molecule has 0 radical (unpaired) electrons. The normalized spacial score (nSPS) is 9.93. The molecule has 0 unspecified atom stereocenters. The van der Waals surface area contributed by atoms with Crippen LogP contribution in [0.5, 0.6) is 0 Å². The summed E-state index contributed by atoms with van der Waals surface area (Å²) in [4.78, 5) is 11.6. The van der Waals surface area contributed by atoms with Crippen molar-refractivity contribution in [1.29, 1.82) is 0 Å². The van der Waals surface area contributed by atoms with Crippen molar-refractivity contribution < 1.29 is 4.79 Å². The van der Waals surface area contributed by atoms with Gasteiger partial charge in [-0.2, -0.15) is 0 Å². The minimum Gasteiger partial charge on any atom is -0.294 e. The highest BCUT2D eigenvalue weighted by Gasteiger charge is 2.07. The van der Waals surface area contributed by atoms with Gasteiger partial charge in [0.2, 0.25) is 0 Å². The summed E-state index contributed by atoms with van der Waals surface area (Å²) in [5.41, 5.74) is 2.96. The van der Waals surface area contributed by atoms with Crippen molar-refractivity contribution in [2.75, 3.05) is 0 Å². The van der Waals surface area contributed by atoms with E-state index in [1.54, 1.807) is 6.08 Å². The van der Waals surface area contributed by atoms with Crippen LogP contribution >= 0.6 is 15.9 Å². The van der Waals surface area contributed by atoms with Crippen LogP contribution in [0.2, 0.25) is 0 Å². The number of carbonyl (C=O) groups is 1. The molecule has 0 bridgehead atoms. The molecular formula is C12H13BrO. The number of benzene rings is 1. The summed E-state index contributed by atoms with van der Waals surface area (Å²) in [6, 6.07) is 3.81. The molecule has 0 aliphatic carbocycles. The Morgan fingerprint density at radius 2 is 1.93 bits per heavy atom. The van der Waals surface area contributed by atoms with Gasteiger partial charge < -0.3 is 0 Å². The lowest BCUT2D eigenvalue weighted by atomic mass is 10.0. The van der Waals surface area contributed by atoms with Crippen LogP contribution in [0.15, 0.2) is 29.3 Å². The maximum absolute atomic E-state index is 11.6. The average molecular weight is 253 g/mol. The lowest BCUT2D eigenvalue weighted by molar-refractivity contribution is 0.0996. The van der Waals surface area contributed by atoms with Gasteiger partial charge >= 0.3 is 0 Å². The van der Waals surface area contributed by atoms with E-state index in [9.17, 15) is 4.79 Å². The monoisotopic (exact) mass is 252 g/mol. The summed E-state index contributed by atoms with van der Waals surface area (Å²) in [7, 11) is 0. The van der Waals surface area contributed by atoms with Crippen molar-refractivity contribution in [2.24, 2.45) is 0 Å². The molecule has 0 saturated heterocycles. The van der Waals surface area contributed by atoms with Crippen molar-refractivity contribution >= 4 is 21.7 Å². The highest BCUT2D eigenvalue weighted by Crippen LogP contribution is 2.23. The number of hydrogen-bond donors (Lipinski definition) is 0. The van der Waals surface area contributed by atoms with Crippen LogP contribution in [0.3, 0.4) is 0 Å². The van der Waals surface area contributed by atoms with Gasteiger partial charge in [-0.25, -0.2) is 0 Å². The van der Waals surface area contributed by atoms with E-state index < -0.39 is 0 Å². The topological polar surface area (TPSA) is 17.1 Å². The molecule has 0 N–H and O–H groups in total. The second-order valence-corrected chi connectivity index (χ2v) is 4.13. The predicted molar refractivity (Wildman–Crippen MR) is 62.8 cm³/mol. The van der Waals surface area contributed by atoms with E-state index in [1.165, 1.54) is 0 Å². The SMILES string of the molecule is C=CCC(=O)c1cc(C)c(Br)c(C)c1. The molecule has 1 nitrogen and oxygen atoms in total. The molecule has 0 amide bonds. The number of halogens is 1. The van der Waals surface area contributed by atoms with Crippen LogP contribution in [0.4, 0.5) is 0 Å². The Balaban J connectivity index is 3.12. The van der Waals surface area contributed by atoms with Gasteiger partial charge in [-0.15, -0.1) is 6.58 Å². The van der Waals surface area contributed by atoms with Gasteiger partial charge in [0, 0.05) is 16.5 Å². The molecular weight excluding hydrogens is 240 g/mol. The molecule has 1 aromatic rings. The number of aryl methyl sites for hydroxylation is 2. The van der Waals surface area contributed by atoms with Crippen molar-refractivity contribution in [2.45, 2.75) is 20.3 Å². The molecule has 74 valence electrons. The van der Waals surface area contributed by atoms with Crippen LogP contribution in [0, 0.1) is 13.8 Å². The van der Waals surface area contributed by atoms with Crippen LogP contribution in [0.1, 0.15) is 27.9 Å². The number of carbonyl (C=O) groups excluding carboxylic acids is 1. The summed E-state index contributed by atoms with van der Waals surface area (Å²) >= 11 is 3.47. The van der Waals surface area contributed by atoms with Gasteiger partial charge in [0.15, 0.2) is 5.78 Å². The Labute approximate surface area is 93.0 Å². The van der Waals surface area contributed by atoms with E-state index in [0.29, 0.717) is 6.42 Å². The standard InChI is InChI=1S/C12H13BrO/c1-4-5-11(14)10-6-8(2)12(13)9(3)7-10/h4,6-7H,1,5H2,2-3H3. The highest BCUT2D eigenvalue weighted by molar-refractivity contribution is 9.10. The van der Waals surface area contributed by atoms with Crippen molar-refractivity contribution in [1.82, 2.24) is 0 Å². The number of rotatable bonds is 3. The minimum absolute atomic E-state index is 0.124. The Kier molecular flexibility index (Phi) is 3.64.